The topological polar surface area (TPSA) is 29.5 Å². The molecule has 0 spiro atoms. The fourth-order valence-electron chi connectivity index (χ4n) is 13.7. The summed E-state index contributed by atoms with van der Waals surface area (Å²) in [6.07, 6.45) is 0. The predicted octanol–water partition coefficient (Wildman–Crippen LogP) is 19.2. The normalized spacial score (nSPS) is 14.5. The van der Waals surface area contributed by atoms with Gasteiger partial charge in [-0.15, -0.1) is 0 Å². The van der Waals surface area contributed by atoms with Crippen LogP contribution in [0.3, 0.4) is 0 Å². The molecule has 12 aromatic rings. The second-order valence-corrected chi connectivity index (χ2v) is 37.1. The van der Waals surface area contributed by atoms with E-state index in [4.69, 9.17) is 4.43 Å². The van der Waals surface area contributed by atoms with Crippen LogP contribution in [0, 0.1) is 0 Å². The van der Waals surface area contributed by atoms with Crippen LogP contribution in [-0.4, -0.2) is 29.6 Å². The standard InChI is InChI=1S/C46H44OSi2.C40H30OSi/c1-46(2,3)48(4,5)47-39-31-33-41(34-32-39)49(40-29-19-10-20-30-40)44(37-25-15-8-16-26-37)42(35-21-11-6-12-22-35)43(36-23-13-7-14-24-36)45(49)38-27-17-9-18-28-38;41-34-26-28-36(29-27-34)42(35-24-14-5-15-25-35)39(32-20-10-3-11-21-32)37(30-16-6-1-7-17-30)38(31-18-8-2-9-19-31)40(42)33-22-12-4-13-23-33/h6-34H,1-5H3;1-29,41H. The Morgan fingerprint density at radius 3 is 0.681 bits per heavy atom. The maximum absolute atomic E-state index is 10.5. The van der Waals surface area contributed by atoms with Gasteiger partial charge in [0, 0.05) is 0 Å². The third-order valence-electron chi connectivity index (χ3n) is 18.7. The molecule has 91 heavy (non-hydrogen) atoms. The van der Waals surface area contributed by atoms with Gasteiger partial charge in [0.2, 0.25) is 8.32 Å². The molecule has 0 saturated carbocycles. The van der Waals surface area contributed by atoms with Crippen molar-refractivity contribution in [1.29, 1.82) is 0 Å². The Balaban J connectivity index is 0.000000168. The summed E-state index contributed by atoms with van der Waals surface area (Å²) in [6, 6.07) is 127. The second kappa shape index (κ2) is 25.8. The molecular formula is C86H74O2Si3. The van der Waals surface area contributed by atoms with Crippen molar-refractivity contribution < 1.29 is 9.53 Å². The molecule has 5 heteroatoms. The molecule has 2 nitrogen and oxygen atoms in total. The Kier molecular flexibility index (Phi) is 16.9. The summed E-state index contributed by atoms with van der Waals surface area (Å²) < 4.78 is 6.86. The van der Waals surface area contributed by atoms with Gasteiger partial charge in [-0.05, 0) is 151 Å². The molecule has 12 aromatic carbocycles. The minimum atomic E-state index is -3.02. The highest BCUT2D eigenvalue weighted by atomic mass is 28.4. The van der Waals surface area contributed by atoms with Crippen LogP contribution in [0.1, 0.15) is 65.3 Å². The van der Waals surface area contributed by atoms with Gasteiger partial charge in [0.15, 0.2) is 16.1 Å². The van der Waals surface area contributed by atoms with Crippen LogP contribution in [0.5, 0.6) is 11.5 Å². The quantitative estimate of drug-likeness (QED) is 0.110. The van der Waals surface area contributed by atoms with E-state index in [9.17, 15) is 5.11 Å². The summed E-state index contributed by atoms with van der Waals surface area (Å²) in [6.45, 7) is 11.5. The Hall–Kier alpha value is -10.1. The van der Waals surface area contributed by atoms with E-state index in [2.05, 4.69) is 374 Å². The summed E-state index contributed by atoms with van der Waals surface area (Å²) in [5.74, 6) is 1.23. The van der Waals surface area contributed by atoms with Gasteiger partial charge in [-0.1, -0.05) is 348 Å². The molecular weight excluding hydrogens is 1150 g/mol. The average molecular weight is 1220 g/mol. The van der Waals surface area contributed by atoms with Crippen LogP contribution in [0.2, 0.25) is 18.1 Å². The van der Waals surface area contributed by atoms with Crippen molar-refractivity contribution in [1.82, 2.24) is 0 Å². The van der Waals surface area contributed by atoms with Crippen LogP contribution < -0.4 is 25.2 Å². The van der Waals surface area contributed by atoms with Gasteiger partial charge in [-0.25, -0.2) is 0 Å². The lowest BCUT2D eigenvalue weighted by atomic mass is 9.89. The third-order valence-corrected chi connectivity index (χ3v) is 33.0. The van der Waals surface area contributed by atoms with E-state index in [-0.39, 0.29) is 10.8 Å². The summed E-state index contributed by atoms with van der Waals surface area (Å²) in [5.41, 5.74) is 15.0. The highest BCUT2D eigenvalue weighted by Gasteiger charge is 2.55. The number of allylic oxidation sites excluding steroid dienone is 4. The van der Waals surface area contributed by atoms with Crippen molar-refractivity contribution in [2.24, 2.45) is 0 Å². The number of rotatable bonds is 14. The van der Waals surface area contributed by atoms with Crippen LogP contribution in [0.15, 0.2) is 352 Å². The van der Waals surface area contributed by atoms with E-state index >= 15 is 0 Å². The number of phenolic OH excluding ortho intramolecular Hbond substituents is 1. The maximum atomic E-state index is 10.5. The summed E-state index contributed by atoms with van der Waals surface area (Å²) in [4.78, 5) is 0. The molecule has 0 aliphatic carbocycles. The molecule has 0 radical (unpaired) electrons. The minimum Gasteiger partial charge on any atom is -0.544 e. The maximum Gasteiger partial charge on any atom is 0.250 e. The Bertz CT molecular complexity index is 4370. The van der Waals surface area contributed by atoms with Gasteiger partial charge in [0.1, 0.15) is 11.5 Å². The molecule has 0 saturated heterocycles. The zero-order valence-corrected chi connectivity index (χ0v) is 55.3. The van der Waals surface area contributed by atoms with Crippen molar-refractivity contribution in [2.45, 2.75) is 38.9 Å². The lowest BCUT2D eigenvalue weighted by molar-refractivity contribution is 0.475. The van der Waals surface area contributed by atoms with Gasteiger partial charge in [-0.3, -0.25) is 0 Å². The van der Waals surface area contributed by atoms with Crippen molar-refractivity contribution in [2.75, 3.05) is 0 Å². The van der Waals surface area contributed by atoms with Gasteiger partial charge in [0.05, 0.1) is 0 Å². The number of phenols is 1. The lowest BCUT2D eigenvalue weighted by Crippen LogP contribution is -2.59. The first-order valence-electron chi connectivity index (χ1n) is 31.6. The first-order valence-corrected chi connectivity index (χ1v) is 38.5. The molecule has 2 aliphatic heterocycles. The zero-order valence-electron chi connectivity index (χ0n) is 52.3. The zero-order chi connectivity index (χ0) is 62.4. The smallest absolute Gasteiger partial charge is 0.250 e. The van der Waals surface area contributed by atoms with Crippen LogP contribution >= 0.6 is 0 Å². The average Bonchev–Trinajstić information content (AvgIpc) is 1.55. The highest BCUT2D eigenvalue weighted by Crippen LogP contribution is 2.57. The highest BCUT2D eigenvalue weighted by molar-refractivity contribution is 7.30. The van der Waals surface area contributed by atoms with Crippen LogP contribution in [-0.2, 0) is 0 Å². The monoisotopic (exact) mass is 1220 g/mol. The van der Waals surface area contributed by atoms with E-state index < -0.39 is 24.5 Å². The SMILES string of the molecule is CC(C)(C)[Si](C)(C)Oc1ccc([Si]2(c3ccccc3)C(c3ccccc3)=C(c3ccccc3)C(c3ccccc3)=C2c2ccccc2)cc1.Oc1ccc([Si]2(c3ccccc3)C(c3ccccc3)=C(c3ccccc3)C(c3ccccc3)=C2c2ccccc2)cc1. The molecule has 0 fully saturated rings. The summed E-state index contributed by atoms with van der Waals surface area (Å²) >= 11 is 0. The van der Waals surface area contributed by atoms with E-state index in [1.807, 2.05) is 12.1 Å². The number of hydrogen-bond acceptors (Lipinski definition) is 2. The molecule has 0 amide bonds. The van der Waals surface area contributed by atoms with E-state index in [1.54, 1.807) is 0 Å². The van der Waals surface area contributed by atoms with Crippen molar-refractivity contribution in [3.8, 4) is 11.5 Å². The third kappa shape index (κ3) is 11.2. The van der Waals surface area contributed by atoms with Crippen molar-refractivity contribution >= 4 is 88.3 Å². The first-order chi connectivity index (χ1) is 44.5. The fraction of sp³-hybridized carbons (Fsp3) is 0.0698. The van der Waals surface area contributed by atoms with Crippen molar-refractivity contribution in [3.63, 3.8) is 0 Å². The minimum absolute atomic E-state index is 0.110. The lowest BCUT2D eigenvalue weighted by Gasteiger charge is -2.37. The summed E-state index contributed by atoms with van der Waals surface area (Å²) in [5, 5.41) is 21.4. The van der Waals surface area contributed by atoms with E-state index in [1.165, 1.54) is 108 Å². The Morgan fingerprint density at radius 1 is 0.253 bits per heavy atom. The molecule has 1 N–H and O–H groups in total. The largest absolute Gasteiger partial charge is 0.544 e. The predicted molar refractivity (Wildman–Crippen MR) is 394 cm³/mol. The van der Waals surface area contributed by atoms with Gasteiger partial charge in [0.25, 0.3) is 0 Å². The Labute approximate surface area is 541 Å². The molecule has 14 rings (SSSR count). The number of hydrogen-bond donors (Lipinski definition) is 1. The second-order valence-electron chi connectivity index (χ2n) is 25.1. The fourth-order valence-corrected chi connectivity index (χ4v) is 25.9. The van der Waals surface area contributed by atoms with Gasteiger partial charge in [-0.2, -0.15) is 0 Å². The van der Waals surface area contributed by atoms with E-state index in [0.717, 1.165) is 5.75 Å². The molecule has 0 unspecified atom stereocenters. The number of aromatic hydroxyl groups is 1. The van der Waals surface area contributed by atoms with Crippen molar-refractivity contribution in [3.05, 3.63) is 396 Å². The van der Waals surface area contributed by atoms with Crippen LogP contribution in [0.25, 0.3) is 43.1 Å². The molecule has 2 heterocycles. The molecule has 2 aliphatic rings. The molecule has 0 aromatic heterocycles. The van der Waals surface area contributed by atoms with Gasteiger partial charge < -0.3 is 9.53 Å². The molecule has 442 valence electrons. The molecule has 0 bridgehead atoms. The summed E-state index contributed by atoms with van der Waals surface area (Å²) in [7, 11) is -8.04. The van der Waals surface area contributed by atoms with Gasteiger partial charge >= 0.3 is 0 Å². The number of benzene rings is 12. The van der Waals surface area contributed by atoms with E-state index in [0.29, 0.717) is 0 Å². The van der Waals surface area contributed by atoms with Crippen LogP contribution in [0.4, 0.5) is 0 Å². The molecule has 0 atom stereocenters. The first kappa shape index (κ1) is 59.8. The Morgan fingerprint density at radius 2 is 0.451 bits per heavy atom.